The number of hydrogen-bond acceptors (Lipinski definition) is 10. The number of ether oxygens (including phenoxy) is 1. The van der Waals surface area contributed by atoms with Crippen LogP contribution in [-0.2, 0) is 11.3 Å². The molecule has 2 aliphatic heterocycles. The van der Waals surface area contributed by atoms with E-state index in [0.29, 0.717) is 53.4 Å². The number of hydrogen-bond donors (Lipinski definition) is 4. The maximum atomic E-state index is 13.0. The van der Waals surface area contributed by atoms with Gasteiger partial charge in [0.2, 0.25) is 5.95 Å². The van der Waals surface area contributed by atoms with Gasteiger partial charge in [-0.05, 0) is 38.1 Å². The lowest BCUT2D eigenvalue weighted by Gasteiger charge is -2.41. The minimum atomic E-state index is -2.76. The lowest BCUT2D eigenvalue weighted by molar-refractivity contribution is -0.126. The molecule has 0 saturated carbocycles. The molecule has 17 heteroatoms. The summed E-state index contributed by atoms with van der Waals surface area (Å²) in [6, 6.07) is 5.23. The topological polar surface area (TPSA) is 152 Å². The molecule has 0 atom stereocenters. The predicted octanol–water partition coefficient (Wildman–Crippen LogP) is 1.59. The number of piperidine rings is 1. The zero-order chi connectivity index (χ0) is 29.5. The molecular weight excluding hydrogens is 549 g/mol. The number of likely N-dealkylation sites (tertiary alicyclic amines) is 1. The summed E-state index contributed by atoms with van der Waals surface area (Å²) in [4.78, 5) is 14.6. The summed E-state index contributed by atoms with van der Waals surface area (Å²) < 4.78 is 59.4. The number of rotatable bonds is 6. The van der Waals surface area contributed by atoms with Crippen molar-refractivity contribution >= 4 is 36.3 Å². The van der Waals surface area contributed by atoms with Gasteiger partial charge in [0.05, 0.1) is 38.0 Å². The highest BCUT2D eigenvalue weighted by Gasteiger charge is 2.39. The second-order valence-corrected chi connectivity index (χ2v) is 10.0. The van der Waals surface area contributed by atoms with Crippen molar-refractivity contribution in [3.8, 4) is 11.3 Å². The number of aromatic nitrogens is 6. The van der Waals surface area contributed by atoms with Crippen LogP contribution < -0.4 is 11.1 Å². The van der Waals surface area contributed by atoms with Gasteiger partial charge in [-0.2, -0.15) is 4.98 Å². The standard InChI is InChI=1S/C16H15BF2N8O2.C8H13F2NO/c1-7-21-10-3-2-9(22-14(10)26(7)6-11(18)19)8-4-5-27-12(8)13(23-15(20)25-27)24-16(17,28)29;9-8(10)2-1-3-11(6-8)7-4-12-5-7/h2-5,11,28-29H,6H2,1H3,(H3,20,23,24,25);7H,1-6H2. The highest BCUT2D eigenvalue weighted by Crippen LogP contribution is 2.31. The third-order valence-electron chi connectivity index (χ3n) is 6.77. The van der Waals surface area contributed by atoms with Crippen molar-refractivity contribution in [3.63, 3.8) is 0 Å². The molecule has 4 aromatic rings. The van der Waals surface area contributed by atoms with Gasteiger partial charge in [0.25, 0.3) is 12.3 Å². The largest absolute Gasteiger partial charge is 0.378 e. The second-order valence-electron chi connectivity index (χ2n) is 10.0. The number of anilines is 2. The summed E-state index contributed by atoms with van der Waals surface area (Å²) >= 11 is 0. The van der Waals surface area contributed by atoms with Gasteiger partial charge in [-0.1, -0.05) is 0 Å². The number of aliphatic hydroxyl groups is 2. The SMILES string of the molecule is FC1(F)CCCN(C2COC2)C1.[B]C(O)(O)Nc1nc(N)nn2ccc(-c3ccc4nc(C)n(CC(F)F)c4n3)c12. The van der Waals surface area contributed by atoms with E-state index < -0.39 is 24.7 Å². The van der Waals surface area contributed by atoms with E-state index in [0.717, 1.165) is 6.54 Å². The number of pyridine rings is 1. The van der Waals surface area contributed by atoms with Crippen LogP contribution in [0, 0.1) is 6.92 Å². The van der Waals surface area contributed by atoms with Crippen molar-refractivity contribution in [3.05, 3.63) is 30.2 Å². The molecule has 0 spiro atoms. The van der Waals surface area contributed by atoms with E-state index in [1.165, 1.54) is 9.08 Å². The fourth-order valence-corrected chi connectivity index (χ4v) is 4.87. The fraction of sp³-hybridized carbons (Fsp3) is 0.500. The minimum absolute atomic E-state index is 0.0517. The van der Waals surface area contributed by atoms with Gasteiger partial charge >= 0.3 is 0 Å². The van der Waals surface area contributed by atoms with E-state index in [2.05, 4.69) is 25.4 Å². The van der Waals surface area contributed by atoms with Gasteiger partial charge in [0.15, 0.2) is 25.1 Å². The number of nitrogens with one attached hydrogen (secondary N) is 1. The van der Waals surface area contributed by atoms with Crippen LogP contribution in [-0.4, -0.2) is 103 Å². The van der Waals surface area contributed by atoms with Crippen LogP contribution in [0.4, 0.5) is 29.3 Å². The molecule has 2 radical (unpaired) electrons. The van der Waals surface area contributed by atoms with Gasteiger partial charge in [-0.25, -0.2) is 32.0 Å². The van der Waals surface area contributed by atoms with E-state index in [1.807, 2.05) is 4.90 Å². The van der Waals surface area contributed by atoms with Crippen LogP contribution in [0.2, 0.25) is 0 Å². The van der Waals surface area contributed by atoms with Crippen LogP contribution in [0.5, 0.6) is 0 Å². The Morgan fingerprint density at radius 3 is 2.61 bits per heavy atom. The van der Waals surface area contributed by atoms with Crippen LogP contribution in [0.1, 0.15) is 18.7 Å². The maximum Gasteiger partial charge on any atom is 0.260 e. The average molecular weight is 577 g/mol. The molecular formula is C24H28BF4N9O3. The van der Waals surface area contributed by atoms with Crippen molar-refractivity contribution in [2.24, 2.45) is 0 Å². The van der Waals surface area contributed by atoms with Gasteiger partial charge in [0.1, 0.15) is 16.9 Å². The molecule has 0 aliphatic carbocycles. The maximum absolute atomic E-state index is 13.0. The predicted molar refractivity (Wildman–Crippen MR) is 142 cm³/mol. The summed E-state index contributed by atoms with van der Waals surface area (Å²) in [5.41, 5.74) is 7.62. The Morgan fingerprint density at radius 2 is 1.98 bits per heavy atom. The number of fused-ring (bicyclic) bond motifs is 2. The van der Waals surface area contributed by atoms with E-state index in [1.54, 1.807) is 31.3 Å². The van der Waals surface area contributed by atoms with E-state index >= 15 is 0 Å². The van der Waals surface area contributed by atoms with Gasteiger partial charge < -0.3 is 30.6 Å². The van der Waals surface area contributed by atoms with Crippen LogP contribution in [0.3, 0.4) is 0 Å². The average Bonchev–Trinajstić information content (AvgIpc) is 3.37. The Balaban J connectivity index is 0.000000234. The van der Waals surface area contributed by atoms with Crippen LogP contribution in [0.25, 0.3) is 27.9 Å². The summed E-state index contributed by atoms with van der Waals surface area (Å²) in [5.74, 6) is -5.00. The quantitative estimate of drug-likeness (QED) is 0.151. The van der Waals surface area contributed by atoms with Crippen molar-refractivity contribution in [1.29, 1.82) is 0 Å². The lowest BCUT2D eigenvalue weighted by Crippen LogP contribution is -2.55. The van der Waals surface area contributed by atoms with Crippen molar-refractivity contribution in [2.75, 3.05) is 37.4 Å². The molecule has 12 nitrogen and oxygen atoms in total. The number of nitrogen functional groups attached to an aromatic ring is 1. The molecule has 6 heterocycles. The fourth-order valence-electron chi connectivity index (χ4n) is 4.87. The molecule has 6 rings (SSSR count). The Morgan fingerprint density at radius 1 is 1.22 bits per heavy atom. The first-order valence-corrected chi connectivity index (χ1v) is 12.8. The van der Waals surface area contributed by atoms with Crippen molar-refractivity contribution < 1.29 is 32.5 Å². The Labute approximate surface area is 232 Å². The molecule has 0 bridgehead atoms. The zero-order valence-electron chi connectivity index (χ0n) is 22.0. The normalized spacial score (nSPS) is 18.0. The first-order valence-electron chi connectivity index (χ1n) is 12.8. The Bertz CT molecular complexity index is 1540. The third-order valence-corrected chi connectivity index (χ3v) is 6.77. The second kappa shape index (κ2) is 11.0. The van der Waals surface area contributed by atoms with E-state index in [4.69, 9.17) is 18.3 Å². The van der Waals surface area contributed by atoms with Crippen LogP contribution >= 0.6 is 0 Å². The van der Waals surface area contributed by atoms with Gasteiger partial charge in [-0.15, -0.1) is 5.10 Å². The molecule has 0 aromatic carbocycles. The number of imidazole rings is 1. The summed E-state index contributed by atoms with van der Waals surface area (Å²) in [5, 5.41) is 25.3. The number of nitrogens with two attached hydrogens (primary N) is 1. The smallest absolute Gasteiger partial charge is 0.260 e. The minimum Gasteiger partial charge on any atom is -0.378 e. The molecule has 0 unspecified atom stereocenters. The molecule has 5 N–H and O–H groups in total. The highest BCUT2D eigenvalue weighted by atomic mass is 19.3. The van der Waals surface area contributed by atoms with Gasteiger partial charge in [0, 0.05) is 18.2 Å². The van der Waals surface area contributed by atoms with E-state index in [9.17, 15) is 27.8 Å². The van der Waals surface area contributed by atoms with Crippen molar-refractivity contribution in [2.45, 2.75) is 50.5 Å². The lowest BCUT2D eigenvalue weighted by atomic mass is 10.0. The summed E-state index contributed by atoms with van der Waals surface area (Å²) in [6.07, 6.45) is -0.333. The monoisotopic (exact) mass is 577 g/mol. The first kappa shape index (κ1) is 29.0. The number of alkyl halides is 4. The number of nitrogens with zero attached hydrogens (tertiary/aromatic N) is 7. The molecule has 2 aliphatic rings. The molecule has 4 aromatic heterocycles. The van der Waals surface area contributed by atoms with Crippen molar-refractivity contribution in [1.82, 2.24) is 34.0 Å². The van der Waals surface area contributed by atoms with Gasteiger partial charge in [-0.3, -0.25) is 4.90 Å². The zero-order valence-corrected chi connectivity index (χ0v) is 22.0. The molecule has 218 valence electrons. The summed E-state index contributed by atoms with van der Waals surface area (Å²) in [6.45, 7) is 3.10. The first-order chi connectivity index (χ1) is 19.3. The summed E-state index contributed by atoms with van der Waals surface area (Å²) in [7, 11) is 5.20. The van der Waals surface area contributed by atoms with Crippen LogP contribution in [0.15, 0.2) is 24.4 Å². The molecule has 2 fully saturated rings. The van der Waals surface area contributed by atoms with E-state index in [-0.39, 0.29) is 30.8 Å². The Hall–Kier alpha value is -3.54. The molecule has 2 saturated heterocycles. The third kappa shape index (κ3) is 6.53. The Kier molecular flexibility index (Phi) is 7.80. The highest BCUT2D eigenvalue weighted by molar-refractivity contribution is 6.14. The molecule has 41 heavy (non-hydrogen) atoms. The number of halogens is 4. The molecule has 0 amide bonds. The number of aryl methyl sites for hydroxylation is 1.